The Bertz CT molecular complexity index is 476. The van der Waals surface area contributed by atoms with Crippen LogP contribution in [-0.2, 0) is 0 Å². The fraction of sp³-hybridized carbons (Fsp3) is 0.333. The van der Waals surface area contributed by atoms with Crippen molar-refractivity contribution in [3.63, 3.8) is 0 Å². The van der Waals surface area contributed by atoms with E-state index in [4.69, 9.17) is 4.74 Å². The van der Waals surface area contributed by atoms with Crippen LogP contribution in [0.15, 0.2) is 42.5 Å². The number of allylic oxidation sites excluding steroid dienone is 4. The van der Waals surface area contributed by atoms with Gasteiger partial charge in [0.25, 0.3) is 0 Å². The lowest BCUT2D eigenvalue weighted by Gasteiger charge is -2.28. The van der Waals surface area contributed by atoms with Crippen molar-refractivity contribution in [2.45, 2.75) is 12.3 Å². The highest BCUT2D eigenvalue weighted by Crippen LogP contribution is 2.35. The molecule has 88 valence electrons. The van der Waals surface area contributed by atoms with E-state index in [1.165, 1.54) is 11.3 Å². The highest BCUT2D eigenvalue weighted by molar-refractivity contribution is 5.61. The summed E-state index contributed by atoms with van der Waals surface area (Å²) in [7, 11) is 2.12. The Hall–Kier alpha value is -1.70. The number of likely N-dealkylation sites (N-methyl/N-ethyl adjacent to an activating group) is 1. The monoisotopic (exact) mass is 227 g/mol. The molecule has 1 heterocycles. The van der Waals surface area contributed by atoms with Crippen molar-refractivity contribution in [3.8, 4) is 5.75 Å². The summed E-state index contributed by atoms with van der Waals surface area (Å²) in [5, 5.41) is 0. The number of ether oxygens (including phenoxy) is 1. The van der Waals surface area contributed by atoms with Crippen molar-refractivity contribution >= 4 is 5.69 Å². The first kappa shape index (κ1) is 10.5. The lowest BCUT2D eigenvalue weighted by Crippen LogP contribution is -2.28. The summed E-state index contributed by atoms with van der Waals surface area (Å²) in [6, 6.07) is 6.59. The number of anilines is 1. The summed E-state index contributed by atoms with van der Waals surface area (Å²) in [4.78, 5) is 2.25. The molecule has 1 atom stereocenters. The largest absolute Gasteiger partial charge is 0.490 e. The normalized spacial score (nSPS) is 22.2. The zero-order chi connectivity index (χ0) is 11.7. The van der Waals surface area contributed by atoms with Gasteiger partial charge in [0.2, 0.25) is 0 Å². The number of hydrogen-bond donors (Lipinski definition) is 0. The summed E-state index contributed by atoms with van der Waals surface area (Å²) in [5.41, 5.74) is 2.55. The molecule has 0 amide bonds. The fourth-order valence-electron chi connectivity index (χ4n) is 2.43. The number of rotatable bonds is 1. The first-order valence-electron chi connectivity index (χ1n) is 6.16. The second kappa shape index (κ2) is 4.28. The molecule has 1 aliphatic carbocycles. The van der Waals surface area contributed by atoms with Gasteiger partial charge in [-0.1, -0.05) is 30.4 Å². The van der Waals surface area contributed by atoms with Gasteiger partial charge in [-0.2, -0.15) is 0 Å². The molecule has 1 aliphatic heterocycles. The molecule has 1 aromatic carbocycles. The van der Waals surface area contributed by atoms with E-state index >= 15 is 0 Å². The van der Waals surface area contributed by atoms with E-state index in [0.717, 1.165) is 25.3 Å². The van der Waals surface area contributed by atoms with Crippen molar-refractivity contribution < 1.29 is 4.74 Å². The molecule has 2 nitrogen and oxygen atoms in total. The van der Waals surface area contributed by atoms with Gasteiger partial charge in [0, 0.05) is 13.0 Å². The standard InChI is InChI=1S/C15H17NO/c1-16-9-10-17-15-11-13(7-8-14(15)16)12-5-3-2-4-6-12/h2-5,7-8,11-12H,6,9-10H2,1H3. The average Bonchev–Trinajstić information content (AvgIpc) is 2.40. The molecule has 0 N–H and O–H groups in total. The SMILES string of the molecule is CN1CCOc2cc(C3C=CC=CC3)ccc21. The van der Waals surface area contributed by atoms with Crippen LogP contribution in [0.2, 0.25) is 0 Å². The van der Waals surface area contributed by atoms with Gasteiger partial charge in [0.05, 0.1) is 12.2 Å². The molecule has 2 heteroatoms. The Labute approximate surface area is 102 Å². The maximum Gasteiger partial charge on any atom is 0.142 e. The minimum absolute atomic E-state index is 0.501. The van der Waals surface area contributed by atoms with E-state index in [9.17, 15) is 0 Å². The minimum Gasteiger partial charge on any atom is -0.490 e. The summed E-state index contributed by atoms with van der Waals surface area (Å²) < 4.78 is 5.74. The molecule has 1 unspecified atom stereocenters. The lowest BCUT2D eigenvalue weighted by atomic mass is 9.92. The van der Waals surface area contributed by atoms with Crippen molar-refractivity contribution in [3.05, 3.63) is 48.1 Å². The summed E-state index contributed by atoms with van der Waals surface area (Å²) in [6.45, 7) is 1.76. The third kappa shape index (κ3) is 1.95. The van der Waals surface area contributed by atoms with Gasteiger partial charge in [-0.25, -0.2) is 0 Å². The quantitative estimate of drug-likeness (QED) is 0.731. The molecule has 0 saturated carbocycles. The molecule has 2 aliphatic rings. The number of nitrogens with zero attached hydrogens (tertiary/aromatic N) is 1. The number of benzene rings is 1. The molecule has 0 radical (unpaired) electrons. The molecular weight excluding hydrogens is 210 g/mol. The van der Waals surface area contributed by atoms with Crippen LogP contribution in [-0.4, -0.2) is 20.2 Å². The third-order valence-electron chi connectivity index (χ3n) is 3.49. The second-order valence-corrected chi connectivity index (χ2v) is 4.65. The van der Waals surface area contributed by atoms with E-state index in [2.05, 4.69) is 54.5 Å². The summed E-state index contributed by atoms with van der Waals surface area (Å²) in [5.74, 6) is 1.53. The zero-order valence-electron chi connectivity index (χ0n) is 10.1. The first-order chi connectivity index (χ1) is 8.34. The van der Waals surface area contributed by atoms with Crippen molar-refractivity contribution in [1.29, 1.82) is 0 Å². The molecule has 0 spiro atoms. The van der Waals surface area contributed by atoms with Gasteiger partial charge in [-0.15, -0.1) is 0 Å². The summed E-state index contributed by atoms with van der Waals surface area (Å²) in [6.07, 6.45) is 9.80. The lowest BCUT2D eigenvalue weighted by molar-refractivity contribution is 0.311. The molecule has 3 rings (SSSR count). The molecule has 0 aromatic heterocycles. The van der Waals surface area contributed by atoms with Crippen LogP contribution < -0.4 is 9.64 Å². The Morgan fingerprint density at radius 3 is 3.06 bits per heavy atom. The van der Waals surface area contributed by atoms with Gasteiger partial charge in [-0.05, 0) is 24.1 Å². The van der Waals surface area contributed by atoms with E-state index < -0.39 is 0 Å². The fourth-order valence-corrected chi connectivity index (χ4v) is 2.43. The Morgan fingerprint density at radius 2 is 2.24 bits per heavy atom. The maximum atomic E-state index is 5.74. The van der Waals surface area contributed by atoms with Crippen molar-refractivity contribution in [2.24, 2.45) is 0 Å². The highest BCUT2D eigenvalue weighted by atomic mass is 16.5. The van der Waals surface area contributed by atoms with Crippen LogP contribution >= 0.6 is 0 Å². The smallest absolute Gasteiger partial charge is 0.142 e. The van der Waals surface area contributed by atoms with E-state index in [-0.39, 0.29) is 0 Å². The Balaban J connectivity index is 1.92. The van der Waals surface area contributed by atoms with Crippen LogP contribution in [0.4, 0.5) is 5.69 Å². The van der Waals surface area contributed by atoms with Crippen LogP contribution in [0.1, 0.15) is 17.9 Å². The van der Waals surface area contributed by atoms with Crippen molar-refractivity contribution in [1.82, 2.24) is 0 Å². The summed E-state index contributed by atoms with van der Waals surface area (Å²) >= 11 is 0. The minimum atomic E-state index is 0.501. The van der Waals surface area contributed by atoms with Gasteiger partial charge in [0.15, 0.2) is 0 Å². The van der Waals surface area contributed by atoms with Gasteiger partial charge in [-0.3, -0.25) is 0 Å². The number of fused-ring (bicyclic) bond motifs is 1. The molecular formula is C15H17NO. The van der Waals surface area contributed by atoms with Gasteiger partial charge in [0.1, 0.15) is 12.4 Å². The molecule has 0 bridgehead atoms. The molecule has 0 saturated heterocycles. The average molecular weight is 227 g/mol. The predicted octanol–water partition coefficient (Wildman–Crippen LogP) is 3.11. The molecule has 17 heavy (non-hydrogen) atoms. The van der Waals surface area contributed by atoms with E-state index in [1.807, 2.05) is 0 Å². The highest BCUT2D eigenvalue weighted by Gasteiger charge is 2.17. The first-order valence-corrected chi connectivity index (χ1v) is 6.16. The van der Waals surface area contributed by atoms with Crippen LogP contribution in [0.5, 0.6) is 5.75 Å². The van der Waals surface area contributed by atoms with Gasteiger partial charge < -0.3 is 9.64 Å². The van der Waals surface area contributed by atoms with E-state index in [1.54, 1.807) is 0 Å². The molecule has 1 aromatic rings. The predicted molar refractivity (Wildman–Crippen MR) is 70.8 cm³/mol. The van der Waals surface area contributed by atoms with Crippen LogP contribution in [0.25, 0.3) is 0 Å². The topological polar surface area (TPSA) is 12.5 Å². The van der Waals surface area contributed by atoms with Crippen molar-refractivity contribution in [2.75, 3.05) is 25.1 Å². The Morgan fingerprint density at radius 1 is 1.29 bits per heavy atom. The third-order valence-corrected chi connectivity index (χ3v) is 3.49. The van der Waals surface area contributed by atoms with E-state index in [0.29, 0.717) is 5.92 Å². The second-order valence-electron chi connectivity index (χ2n) is 4.65. The van der Waals surface area contributed by atoms with Gasteiger partial charge >= 0.3 is 0 Å². The maximum absolute atomic E-state index is 5.74. The Kier molecular flexibility index (Phi) is 2.63. The number of hydrogen-bond acceptors (Lipinski definition) is 2. The molecule has 0 fully saturated rings. The zero-order valence-corrected chi connectivity index (χ0v) is 10.1. The van der Waals surface area contributed by atoms with Crippen LogP contribution in [0, 0.1) is 0 Å². The van der Waals surface area contributed by atoms with Crippen LogP contribution in [0.3, 0.4) is 0 Å².